The summed E-state index contributed by atoms with van der Waals surface area (Å²) in [6, 6.07) is 2.32. The van der Waals surface area contributed by atoms with E-state index >= 15 is 0 Å². The Hall–Kier alpha value is -0.670. The number of hydrogen-bond donors (Lipinski definition) is 0. The first-order valence-corrected chi connectivity index (χ1v) is 5.23. The Bertz CT molecular complexity index is 266. The predicted molar refractivity (Wildman–Crippen MR) is 56.0 cm³/mol. The molecule has 1 atom stereocenters. The van der Waals surface area contributed by atoms with Gasteiger partial charge in [-0.3, -0.25) is 4.79 Å². The van der Waals surface area contributed by atoms with Gasteiger partial charge in [0.25, 0.3) is 0 Å². The summed E-state index contributed by atoms with van der Waals surface area (Å²) in [6.07, 6.45) is 0.601. The fraction of sp³-hybridized carbons (Fsp3) is 0.500. The number of carbonyl (C=O) groups is 1. The zero-order valence-electron chi connectivity index (χ0n) is 8.28. The van der Waals surface area contributed by atoms with Crippen molar-refractivity contribution in [1.82, 2.24) is 4.90 Å². The van der Waals surface area contributed by atoms with E-state index in [1.807, 2.05) is 19.5 Å². The molecule has 0 aromatic carbocycles. The smallest absolute Gasteiger partial charge is 0.131 e. The van der Waals surface area contributed by atoms with Crippen LogP contribution in [0.5, 0.6) is 0 Å². The maximum atomic E-state index is 11.0. The molecule has 0 bridgehead atoms. The van der Waals surface area contributed by atoms with Crippen LogP contribution in [0.15, 0.2) is 16.8 Å². The second kappa shape index (κ2) is 4.53. The molecule has 72 valence electrons. The van der Waals surface area contributed by atoms with Crippen LogP contribution in [-0.4, -0.2) is 24.8 Å². The van der Waals surface area contributed by atoms with E-state index in [4.69, 9.17) is 0 Å². The molecule has 0 N–H and O–H groups in total. The first kappa shape index (κ1) is 10.4. The van der Waals surface area contributed by atoms with Gasteiger partial charge in [-0.2, -0.15) is 11.3 Å². The molecule has 1 unspecified atom stereocenters. The van der Waals surface area contributed by atoms with Gasteiger partial charge < -0.3 is 4.90 Å². The molecule has 1 heterocycles. The van der Waals surface area contributed by atoms with Crippen LogP contribution >= 0.6 is 11.3 Å². The average Bonchev–Trinajstić information content (AvgIpc) is 2.50. The van der Waals surface area contributed by atoms with Gasteiger partial charge in [0.1, 0.15) is 5.78 Å². The molecule has 0 spiro atoms. The molecule has 1 rings (SSSR count). The highest BCUT2D eigenvalue weighted by molar-refractivity contribution is 7.07. The van der Waals surface area contributed by atoms with Gasteiger partial charge in [-0.15, -0.1) is 0 Å². The van der Waals surface area contributed by atoms with Crippen LogP contribution in [0.2, 0.25) is 0 Å². The Morgan fingerprint density at radius 3 is 2.69 bits per heavy atom. The lowest BCUT2D eigenvalue weighted by Crippen LogP contribution is -2.21. The van der Waals surface area contributed by atoms with Crippen molar-refractivity contribution < 1.29 is 4.79 Å². The standard InChI is InChI=1S/C10H15NOS/c1-8(12)6-10(11(2)3)9-4-5-13-7-9/h4-5,7,10H,6H2,1-3H3. The predicted octanol–water partition coefficient (Wildman–Crippen LogP) is 2.33. The summed E-state index contributed by atoms with van der Waals surface area (Å²) >= 11 is 1.67. The van der Waals surface area contributed by atoms with E-state index in [1.165, 1.54) is 5.56 Å². The largest absolute Gasteiger partial charge is 0.302 e. The zero-order chi connectivity index (χ0) is 9.84. The molecule has 0 amide bonds. The number of hydrogen-bond acceptors (Lipinski definition) is 3. The lowest BCUT2D eigenvalue weighted by Gasteiger charge is -2.22. The van der Waals surface area contributed by atoms with E-state index in [1.54, 1.807) is 18.3 Å². The summed E-state index contributed by atoms with van der Waals surface area (Å²) in [7, 11) is 4.01. The van der Waals surface area contributed by atoms with Gasteiger partial charge in [0.15, 0.2) is 0 Å². The van der Waals surface area contributed by atoms with Crippen LogP contribution < -0.4 is 0 Å². The third-order valence-corrected chi connectivity index (χ3v) is 2.73. The molecule has 1 aromatic heterocycles. The molecule has 1 aromatic rings. The van der Waals surface area contributed by atoms with Crippen LogP contribution in [0, 0.1) is 0 Å². The summed E-state index contributed by atoms with van der Waals surface area (Å²) in [6.45, 7) is 1.64. The van der Waals surface area contributed by atoms with E-state index in [0.717, 1.165) is 0 Å². The van der Waals surface area contributed by atoms with Gasteiger partial charge in [0.2, 0.25) is 0 Å². The van der Waals surface area contributed by atoms with Gasteiger partial charge in [-0.25, -0.2) is 0 Å². The van der Waals surface area contributed by atoms with E-state index in [-0.39, 0.29) is 11.8 Å². The molecule has 0 aliphatic carbocycles. The molecule has 0 saturated heterocycles. The van der Waals surface area contributed by atoms with Crippen molar-refractivity contribution in [2.75, 3.05) is 14.1 Å². The second-order valence-electron chi connectivity index (χ2n) is 3.44. The Morgan fingerprint density at radius 2 is 2.31 bits per heavy atom. The highest BCUT2D eigenvalue weighted by Crippen LogP contribution is 2.23. The third-order valence-electron chi connectivity index (χ3n) is 2.03. The fourth-order valence-electron chi connectivity index (χ4n) is 1.34. The van der Waals surface area contributed by atoms with Crippen molar-refractivity contribution in [3.05, 3.63) is 22.4 Å². The minimum atomic E-state index is 0.240. The zero-order valence-corrected chi connectivity index (χ0v) is 9.10. The van der Waals surface area contributed by atoms with Crippen LogP contribution in [0.4, 0.5) is 0 Å². The van der Waals surface area contributed by atoms with E-state index in [0.29, 0.717) is 6.42 Å². The molecule has 0 radical (unpaired) electrons. The fourth-order valence-corrected chi connectivity index (χ4v) is 2.04. The number of carbonyl (C=O) groups excluding carboxylic acids is 1. The summed E-state index contributed by atoms with van der Waals surface area (Å²) in [5.41, 5.74) is 1.24. The normalized spacial score (nSPS) is 13.2. The van der Waals surface area contributed by atoms with Crippen molar-refractivity contribution in [3.63, 3.8) is 0 Å². The lowest BCUT2D eigenvalue weighted by atomic mass is 10.0. The van der Waals surface area contributed by atoms with Crippen molar-refractivity contribution in [2.45, 2.75) is 19.4 Å². The Morgan fingerprint density at radius 1 is 1.62 bits per heavy atom. The van der Waals surface area contributed by atoms with Crippen molar-refractivity contribution in [3.8, 4) is 0 Å². The molecular weight excluding hydrogens is 182 g/mol. The number of Topliss-reactive ketones (excluding diaryl/α,β-unsaturated/α-hetero) is 1. The van der Waals surface area contributed by atoms with Gasteiger partial charge in [0.05, 0.1) is 0 Å². The Kier molecular flexibility index (Phi) is 3.63. The van der Waals surface area contributed by atoms with E-state index in [9.17, 15) is 4.79 Å². The van der Waals surface area contributed by atoms with Crippen LogP contribution in [0.3, 0.4) is 0 Å². The minimum Gasteiger partial charge on any atom is -0.302 e. The van der Waals surface area contributed by atoms with Gasteiger partial charge in [-0.1, -0.05) is 0 Å². The molecule has 0 fully saturated rings. The average molecular weight is 197 g/mol. The molecule has 0 aliphatic heterocycles. The quantitative estimate of drug-likeness (QED) is 0.738. The summed E-state index contributed by atoms with van der Waals surface area (Å²) < 4.78 is 0. The second-order valence-corrected chi connectivity index (χ2v) is 4.22. The minimum absolute atomic E-state index is 0.240. The first-order valence-electron chi connectivity index (χ1n) is 4.29. The van der Waals surface area contributed by atoms with Crippen LogP contribution in [0.1, 0.15) is 24.9 Å². The molecule has 3 heteroatoms. The number of thiophene rings is 1. The summed E-state index contributed by atoms with van der Waals surface area (Å²) in [4.78, 5) is 13.1. The van der Waals surface area contributed by atoms with Crippen LogP contribution in [0.25, 0.3) is 0 Å². The molecule has 0 aliphatic rings. The van der Waals surface area contributed by atoms with Gasteiger partial charge in [-0.05, 0) is 43.4 Å². The first-order chi connectivity index (χ1) is 6.11. The topological polar surface area (TPSA) is 20.3 Å². The lowest BCUT2D eigenvalue weighted by molar-refractivity contribution is -0.118. The number of rotatable bonds is 4. The van der Waals surface area contributed by atoms with Crippen LogP contribution in [-0.2, 0) is 4.79 Å². The van der Waals surface area contributed by atoms with Crippen molar-refractivity contribution >= 4 is 17.1 Å². The highest BCUT2D eigenvalue weighted by atomic mass is 32.1. The Balaban J connectivity index is 2.74. The monoisotopic (exact) mass is 197 g/mol. The van der Waals surface area contributed by atoms with E-state index < -0.39 is 0 Å². The number of nitrogens with zero attached hydrogens (tertiary/aromatic N) is 1. The van der Waals surface area contributed by atoms with E-state index in [2.05, 4.69) is 16.3 Å². The maximum absolute atomic E-state index is 11.0. The number of ketones is 1. The molecule has 2 nitrogen and oxygen atoms in total. The highest BCUT2D eigenvalue weighted by Gasteiger charge is 2.15. The molecule has 0 saturated carbocycles. The summed E-state index contributed by atoms with van der Waals surface area (Å²) in [5.74, 6) is 0.241. The maximum Gasteiger partial charge on any atom is 0.131 e. The molecular formula is C10H15NOS. The molecule has 13 heavy (non-hydrogen) atoms. The van der Waals surface area contributed by atoms with Gasteiger partial charge >= 0.3 is 0 Å². The van der Waals surface area contributed by atoms with Crippen molar-refractivity contribution in [2.24, 2.45) is 0 Å². The Labute approximate surface area is 83.2 Å². The van der Waals surface area contributed by atoms with Crippen molar-refractivity contribution in [1.29, 1.82) is 0 Å². The summed E-state index contributed by atoms with van der Waals surface area (Å²) in [5, 5.41) is 4.15. The SMILES string of the molecule is CC(=O)CC(c1ccsc1)N(C)C. The van der Waals surface area contributed by atoms with Gasteiger partial charge in [0, 0.05) is 12.5 Å². The third kappa shape index (κ3) is 2.94.